The zero-order valence-electron chi connectivity index (χ0n) is 9.16. The fraction of sp³-hybridized carbons (Fsp3) is 0. The third-order valence-corrected chi connectivity index (χ3v) is 1.79. The Hall–Kier alpha value is -2.15. The summed E-state index contributed by atoms with van der Waals surface area (Å²) >= 11 is 0. The molecule has 0 atom stereocenters. The molecule has 0 spiro atoms. The first-order valence-electron chi connectivity index (χ1n) is 5.12. The predicted octanol–water partition coefficient (Wildman–Crippen LogP) is 3.97. The Bertz CT molecular complexity index is 377. The molecule has 0 fully saturated rings. The molecule has 16 heavy (non-hydrogen) atoms. The molecule has 0 bridgehead atoms. The molecule has 0 unspecified atom stereocenters. The standard InChI is InChI=1S/C10H10.C5H5N/c1-2-3-7-10-8-5-4-6-9-10;1-2-4-6-5-3-1/h2-9H,1H2;1-5H. The van der Waals surface area contributed by atoms with Gasteiger partial charge in [-0.1, -0.05) is 61.2 Å². The van der Waals surface area contributed by atoms with Gasteiger partial charge in [-0.15, -0.1) is 0 Å². The highest BCUT2D eigenvalue weighted by Gasteiger charge is 1.78. The van der Waals surface area contributed by atoms with Gasteiger partial charge in [0.25, 0.3) is 0 Å². The van der Waals surface area contributed by atoms with E-state index in [1.165, 1.54) is 5.56 Å². The molecule has 0 aliphatic rings. The van der Waals surface area contributed by atoms with Crippen LogP contribution in [0.15, 0.2) is 79.7 Å². The van der Waals surface area contributed by atoms with Crippen molar-refractivity contribution in [3.8, 4) is 0 Å². The van der Waals surface area contributed by atoms with E-state index in [4.69, 9.17) is 0 Å². The van der Waals surface area contributed by atoms with Gasteiger partial charge in [-0.25, -0.2) is 0 Å². The van der Waals surface area contributed by atoms with Crippen molar-refractivity contribution in [2.75, 3.05) is 0 Å². The molecule has 2 aromatic rings. The van der Waals surface area contributed by atoms with Crippen molar-refractivity contribution in [2.45, 2.75) is 0 Å². The van der Waals surface area contributed by atoms with Gasteiger partial charge in [-0.05, 0) is 17.7 Å². The second-order valence-corrected chi connectivity index (χ2v) is 3.03. The van der Waals surface area contributed by atoms with E-state index in [1.54, 1.807) is 18.5 Å². The smallest absolute Gasteiger partial charge is 0.0267 e. The van der Waals surface area contributed by atoms with E-state index in [2.05, 4.69) is 23.7 Å². The summed E-state index contributed by atoms with van der Waals surface area (Å²) in [5.41, 5.74) is 1.21. The second-order valence-electron chi connectivity index (χ2n) is 3.03. The molecular weight excluding hydrogens is 194 g/mol. The Morgan fingerprint density at radius 2 is 1.50 bits per heavy atom. The van der Waals surface area contributed by atoms with E-state index in [-0.39, 0.29) is 0 Å². The van der Waals surface area contributed by atoms with E-state index in [1.807, 2.05) is 48.6 Å². The SMILES string of the molecule is C=CC=Cc1ccccc1.c1ccncc1. The lowest BCUT2D eigenvalue weighted by atomic mass is 10.2. The van der Waals surface area contributed by atoms with Gasteiger partial charge in [0.2, 0.25) is 0 Å². The number of hydrogen-bond acceptors (Lipinski definition) is 1. The summed E-state index contributed by atoms with van der Waals surface area (Å²) in [5.74, 6) is 0. The third-order valence-electron chi connectivity index (χ3n) is 1.79. The van der Waals surface area contributed by atoms with Crippen LogP contribution in [0.5, 0.6) is 0 Å². The van der Waals surface area contributed by atoms with Crippen LogP contribution in [0.25, 0.3) is 6.08 Å². The van der Waals surface area contributed by atoms with Crippen molar-refractivity contribution in [1.29, 1.82) is 0 Å². The van der Waals surface area contributed by atoms with Crippen LogP contribution in [0, 0.1) is 0 Å². The van der Waals surface area contributed by atoms with Gasteiger partial charge in [-0.2, -0.15) is 0 Å². The van der Waals surface area contributed by atoms with E-state index >= 15 is 0 Å². The molecule has 0 saturated heterocycles. The average molecular weight is 209 g/mol. The van der Waals surface area contributed by atoms with Crippen LogP contribution >= 0.6 is 0 Å². The largest absolute Gasteiger partial charge is 0.265 e. The molecule has 0 amide bonds. The number of benzene rings is 1. The lowest BCUT2D eigenvalue weighted by Gasteiger charge is -1.87. The highest BCUT2D eigenvalue weighted by atomic mass is 14.6. The number of pyridine rings is 1. The summed E-state index contributed by atoms with van der Waals surface area (Å²) in [4.78, 5) is 3.78. The molecule has 1 nitrogen and oxygen atoms in total. The van der Waals surface area contributed by atoms with Crippen LogP contribution < -0.4 is 0 Å². The summed E-state index contributed by atoms with van der Waals surface area (Å²) in [6.07, 6.45) is 9.22. The minimum absolute atomic E-state index is 1.21. The molecule has 1 aromatic carbocycles. The highest BCUT2D eigenvalue weighted by Crippen LogP contribution is 1.99. The van der Waals surface area contributed by atoms with Crippen molar-refractivity contribution >= 4 is 6.08 Å². The molecule has 0 aliphatic heterocycles. The van der Waals surface area contributed by atoms with Gasteiger partial charge in [0, 0.05) is 12.4 Å². The minimum Gasteiger partial charge on any atom is -0.265 e. The lowest BCUT2D eigenvalue weighted by Crippen LogP contribution is -1.65. The fourth-order valence-electron chi connectivity index (χ4n) is 1.06. The normalized spacial score (nSPS) is 9.25. The number of allylic oxidation sites excluding steroid dienone is 2. The monoisotopic (exact) mass is 209 g/mol. The Balaban J connectivity index is 0.000000181. The van der Waals surface area contributed by atoms with E-state index < -0.39 is 0 Å². The highest BCUT2D eigenvalue weighted by molar-refractivity contribution is 5.50. The summed E-state index contributed by atoms with van der Waals surface area (Å²) in [6.45, 7) is 3.59. The van der Waals surface area contributed by atoms with Crippen molar-refractivity contribution in [3.63, 3.8) is 0 Å². The van der Waals surface area contributed by atoms with E-state index in [9.17, 15) is 0 Å². The van der Waals surface area contributed by atoms with Gasteiger partial charge in [0.1, 0.15) is 0 Å². The first-order chi connectivity index (χ1) is 7.93. The Morgan fingerprint density at radius 1 is 0.875 bits per heavy atom. The van der Waals surface area contributed by atoms with Crippen LogP contribution in [0.3, 0.4) is 0 Å². The molecule has 1 aromatic heterocycles. The van der Waals surface area contributed by atoms with Crippen LogP contribution in [0.4, 0.5) is 0 Å². The van der Waals surface area contributed by atoms with Gasteiger partial charge < -0.3 is 0 Å². The maximum Gasteiger partial charge on any atom is 0.0267 e. The molecular formula is C15H15N. The number of hydrogen-bond donors (Lipinski definition) is 0. The fourth-order valence-corrected chi connectivity index (χ4v) is 1.06. The molecule has 80 valence electrons. The summed E-state index contributed by atoms with van der Waals surface area (Å²) in [6, 6.07) is 15.9. The Morgan fingerprint density at radius 3 is 1.94 bits per heavy atom. The van der Waals surface area contributed by atoms with E-state index in [0.717, 1.165) is 0 Å². The molecule has 0 N–H and O–H groups in total. The number of nitrogens with zero attached hydrogens (tertiary/aromatic N) is 1. The summed E-state index contributed by atoms with van der Waals surface area (Å²) in [5, 5.41) is 0. The summed E-state index contributed by atoms with van der Waals surface area (Å²) < 4.78 is 0. The lowest BCUT2D eigenvalue weighted by molar-refractivity contribution is 1.33. The minimum atomic E-state index is 1.21. The molecule has 1 heteroatoms. The van der Waals surface area contributed by atoms with Crippen LogP contribution in [0.2, 0.25) is 0 Å². The van der Waals surface area contributed by atoms with Crippen molar-refractivity contribution < 1.29 is 0 Å². The molecule has 0 radical (unpaired) electrons. The third kappa shape index (κ3) is 5.55. The molecule has 0 aliphatic carbocycles. The first kappa shape index (κ1) is 11.9. The average Bonchev–Trinajstić information content (AvgIpc) is 2.40. The Labute approximate surface area is 96.8 Å². The second kappa shape index (κ2) is 8.18. The van der Waals surface area contributed by atoms with Gasteiger partial charge in [0.15, 0.2) is 0 Å². The van der Waals surface area contributed by atoms with Crippen LogP contribution in [-0.2, 0) is 0 Å². The van der Waals surface area contributed by atoms with E-state index in [0.29, 0.717) is 0 Å². The first-order valence-corrected chi connectivity index (χ1v) is 5.12. The van der Waals surface area contributed by atoms with Crippen molar-refractivity contribution in [3.05, 3.63) is 85.2 Å². The maximum atomic E-state index is 3.78. The zero-order valence-corrected chi connectivity index (χ0v) is 9.16. The van der Waals surface area contributed by atoms with Gasteiger partial charge in [-0.3, -0.25) is 4.98 Å². The summed E-state index contributed by atoms with van der Waals surface area (Å²) in [7, 11) is 0. The van der Waals surface area contributed by atoms with Crippen molar-refractivity contribution in [1.82, 2.24) is 4.98 Å². The molecule has 0 saturated carbocycles. The maximum absolute atomic E-state index is 3.78. The number of aromatic nitrogens is 1. The van der Waals surface area contributed by atoms with Gasteiger partial charge >= 0.3 is 0 Å². The van der Waals surface area contributed by atoms with Crippen LogP contribution in [-0.4, -0.2) is 4.98 Å². The quantitative estimate of drug-likeness (QED) is 0.682. The van der Waals surface area contributed by atoms with Gasteiger partial charge in [0.05, 0.1) is 0 Å². The predicted molar refractivity (Wildman–Crippen MR) is 69.9 cm³/mol. The number of rotatable bonds is 2. The molecule has 1 heterocycles. The zero-order chi connectivity index (χ0) is 11.5. The van der Waals surface area contributed by atoms with Crippen molar-refractivity contribution in [2.24, 2.45) is 0 Å². The Kier molecular flexibility index (Phi) is 6.10. The molecule has 2 rings (SSSR count). The topological polar surface area (TPSA) is 12.9 Å². The van der Waals surface area contributed by atoms with Crippen LogP contribution in [0.1, 0.15) is 5.56 Å².